The number of hydrogen-bond acceptors (Lipinski definition) is 6. The van der Waals surface area contributed by atoms with Gasteiger partial charge in [-0.2, -0.15) is 4.98 Å². The Bertz CT molecular complexity index is 1130. The van der Waals surface area contributed by atoms with Crippen LogP contribution >= 0.6 is 11.6 Å². The molecule has 4 rings (SSSR count). The summed E-state index contributed by atoms with van der Waals surface area (Å²) in [5, 5.41) is 15.4. The van der Waals surface area contributed by atoms with E-state index in [2.05, 4.69) is 10.1 Å². The number of benzene rings is 2. The molecular formula is C22H19ClN4O4. The monoisotopic (exact) mass is 438 g/mol. The smallest absolute Gasteiger partial charge is 0.269 e. The molecule has 3 aromatic rings. The molecule has 0 aliphatic carbocycles. The molecule has 1 fully saturated rings. The van der Waals surface area contributed by atoms with Gasteiger partial charge in [0.05, 0.1) is 4.92 Å². The highest BCUT2D eigenvalue weighted by Crippen LogP contribution is 2.31. The first-order valence-corrected chi connectivity index (χ1v) is 10.2. The topological polar surface area (TPSA) is 102 Å². The Labute approximate surface area is 183 Å². The lowest BCUT2D eigenvalue weighted by Crippen LogP contribution is -2.37. The van der Waals surface area contributed by atoms with Gasteiger partial charge in [0.25, 0.3) is 5.69 Å². The summed E-state index contributed by atoms with van der Waals surface area (Å²) in [7, 11) is 0. The van der Waals surface area contributed by atoms with E-state index >= 15 is 0 Å². The predicted octanol–water partition coefficient (Wildman–Crippen LogP) is 5.07. The summed E-state index contributed by atoms with van der Waals surface area (Å²) in [6.07, 6.45) is 5.68. The fourth-order valence-electron chi connectivity index (χ4n) is 3.54. The van der Waals surface area contributed by atoms with Crippen LogP contribution in [-0.4, -0.2) is 32.4 Å². The number of amides is 1. The average molecular weight is 439 g/mol. The number of carbonyl (C=O) groups is 1. The third kappa shape index (κ3) is 4.80. The van der Waals surface area contributed by atoms with Gasteiger partial charge in [-0.05, 0) is 55.2 Å². The van der Waals surface area contributed by atoms with Crippen LogP contribution in [-0.2, 0) is 4.79 Å². The first-order valence-electron chi connectivity index (χ1n) is 9.84. The highest BCUT2D eigenvalue weighted by Gasteiger charge is 2.31. The molecule has 1 aliphatic rings. The van der Waals surface area contributed by atoms with Crippen molar-refractivity contribution in [3.8, 4) is 11.4 Å². The molecule has 1 amide bonds. The normalized spacial score (nSPS) is 16.5. The number of aromatic nitrogens is 2. The van der Waals surface area contributed by atoms with Crippen LogP contribution in [0, 0.1) is 10.1 Å². The summed E-state index contributed by atoms with van der Waals surface area (Å²) in [6, 6.07) is 12.9. The van der Waals surface area contributed by atoms with E-state index in [1.165, 1.54) is 18.2 Å². The van der Waals surface area contributed by atoms with Crippen LogP contribution in [0.3, 0.4) is 0 Å². The third-order valence-corrected chi connectivity index (χ3v) is 5.35. The van der Waals surface area contributed by atoms with Gasteiger partial charge in [-0.3, -0.25) is 14.9 Å². The van der Waals surface area contributed by atoms with Crippen molar-refractivity contribution in [3.63, 3.8) is 0 Å². The number of nitro groups is 1. The van der Waals surface area contributed by atoms with Crippen molar-refractivity contribution >= 4 is 29.3 Å². The van der Waals surface area contributed by atoms with Gasteiger partial charge in [0.15, 0.2) is 0 Å². The molecule has 0 saturated carbocycles. The average Bonchev–Trinajstić information content (AvgIpc) is 3.28. The van der Waals surface area contributed by atoms with E-state index in [4.69, 9.17) is 16.1 Å². The second-order valence-corrected chi connectivity index (χ2v) is 7.63. The van der Waals surface area contributed by atoms with Gasteiger partial charge in [0.1, 0.15) is 6.04 Å². The molecule has 158 valence electrons. The second-order valence-electron chi connectivity index (χ2n) is 7.19. The van der Waals surface area contributed by atoms with E-state index in [-0.39, 0.29) is 17.6 Å². The maximum Gasteiger partial charge on any atom is 0.269 e. The van der Waals surface area contributed by atoms with Crippen molar-refractivity contribution in [2.24, 2.45) is 0 Å². The minimum Gasteiger partial charge on any atom is -0.337 e. The predicted molar refractivity (Wildman–Crippen MR) is 115 cm³/mol. The Hall–Kier alpha value is -3.52. The van der Waals surface area contributed by atoms with Gasteiger partial charge in [-0.15, -0.1) is 0 Å². The number of hydrogen-bond donors (Lipinski definition) is 0. The molecule has 0 spiro atoms. The van der Waals surface area contributed by atoms with Crippen LogP contribution in [0.25, 0.3) is 17.5 Å². The molecule has 2 aromatic carbocycles. The number of piperidine rings is 1. The van der Waals surface area contributed by atoms with Gasteiger partial charge in [-0.25, -0.2) is 0 Å². The zero-order chi connectivity index (χ0) is 21.8. The van der Waals surface area contributed by atoms with Crippen LogP contribution in [0.4, 0.5) is 5.69 Å². The van der Waals surface area contributed by atoms with Gasteiger partial charge in [0, 0.05) is 35.3 Å². The van der Waals surface area contributed by atoms with Gasteiger partial charge < -0.3 is 9.42 Å². The van der Waals surface area contributed by atoms with Crippen molar-refractivity contribution in [1.82, 2.24) is 15.0 Å². The number of halogens is 1. The van der Waals surface area contributed by atoms with E-state index in [1.807, 2.05) is 12.1 Å². The zero-order valence-corrected chi connectivity index (χ0v) is 17.2. The Kier molecular flexibility index (Phi) is 6.08. The number of nitrogens with zero attached hydrogens (tertiary/aromatic N) is 4. The number of non-ortho nitro benzene ring substituents is 1. The lowest BCUT2D eigenvalue weighted by Gasteiger charge is -2.32. The first-order chi connectivity index (χ1) is 15.0. The van der Waals surface area contributed by atoms with Crippen LogP contribution in [0.2, 0.25) is 5.02 Å². The van der Waals surface area contributed by atoms with E-state index in [1.54, 1.807) is 35.2 Å². The van der Waals surface area contributed by atoms with E-state index in [0.717, 1.165) is 24.8 Å². The molecule has 1 aliphatic heterocycles. The highest BCUT2D eigenvalue weighted by molar-refractivity contribution is 6.30. The van der Waals surface area contributed by atoms with Gasteiger partial charge in [0.2, 0.25) is 17.6 Å². The van der Waals surface area contributed by atoms with Crippen molar-refractivity contribution < 1.29 is 14.2 Å². The molecular weight excluding hydrogens is 420 g/mol. The van der Waals surface area contributed by atoms with Gasteiger partial charge in [-0.1, -0.05) is 28.9 Å². The molecule has 2 heterocycles. The molecule has 8 nitrogen and oxygen atoms in total. The van der Waals surface area contributed by atoms with Gasteiger partial charge >= 0.3 is 0 Å². The fraction of sp³-hybridized carbons (Fsp3) is 0.227. The molecule has 0 radical (unpaired) electrons. The summed E-state index contributed by atoms with van der Waals surface area (Å²) >= 11 is 6.04. The minimum absolute atomic E-state index is 0.00599. The summed E-state index contributed by atoms with van der Waals surface area (Å²) in [5.41, 5.74) is 1.45. The Morgan fingerprint density at radius 1 is 1.23 bits per heavy atom. The maximum absolute atomic E-state index is 12.9. The minimum atomic E-state index is -0.459. The van der Waals surface area contributed by atoms with Crippen LogP contribution < -0.4 is 0 Å². The standard InChI is InChI=1S/C22H19ClN4O4/c23-17-5-3-4-16(14-17)21-24-22(31-25-21)19-6-1-2-13-26(19)20(28)12-9-15-7-10-18(11-8-15)27(29)30/h3-5,7-12,14,19H,1-2,6,13H2/b12-9+. The first kappa shape index (κ1) is 20.7. The van der Waals surface area contributed by atoms with Crippen molar-refractivity contribution in [1.29, 1.82) is 0 Å². The zero-order valence-electron chi connectivity index (χ0n) is 16.5. The summed E-state index contributed by atoms with van der Waals surface area (Å²) in [4.78, 5) is 29.4. The molecule has 1 unspecified atom stereocenters. The Morgan fingerprint density at radius 2 is 2.03 bits per heavy atom. The second kappa shape index (κ2) is 9.09. The Balaban J connectivity index is 1.51. The number of likely N-dealkylation sites (tertiary alicyclic amines) is 1. The maximum atomic E-state index is 12.9. The summed E-state index contributed by atoms with van der Waals surface area (Å²) in [6.45, 7) is 0.586. The number of nitro benzene ring substituents is 1. The molecule has 1 aromatic heterocycles. The Morgan fingerprint density at radius 3 is 2.77 bits per heavy atom. The van der Waals surface area contributed by atoms with Crippen molar-refractivity contribution in [3.05, 3.63) is 81.2 Å². The van der Waals surface area contributed by atoms with Crippen molar-refractivity contribution in [2.45, 2.75) is 25.3 Å². The molecule has 1 atom stereocenters. The molecule has 9 heteroatoms. The quantitative estimate of drug-likeness (QED) is 0.313. The summed E-state index contributed by atoms with van der Waals surface area (Å²) in [5.74, 6) is 0.647. The molecule has 1 saturated heterocycles. The third-order valence-electron chi connectivity index (χ3n) is 5.12. The van der Waals surface area contributed by atoms with E-state index in [9.17, 15) is 14.9 Å². The molecule has 0 N–H and O–H groups in total. The van der Waals surface area contributed by atoms with E-state index in [0.29, 0.717) is 28.8 Å². The number of rotatable bonds is 5. The molecule has 0 bridgehead atoms. The van der Waals surface area contributed by atoms with Crippen LogP contribution in [0.1, 0.15) is 36.8 Å². The molecule has 31 heavy (non-hydrogen) atoms. The van der Waals surface area contributed by atoms with Crippen LogP contribution in [0.15, 0.2) is 59.1 Å². The van der Waals surface area contributed by atoms with Crippen molar-refractivity contribution in [2.75, 3.05) is 6.54 Å². The number of carbonyl (C=O) groups excluding carboxylic acids is 1. The van der Waals surface area contributed by atoms with E-state index < -0.39 is 4.92 Å². The lowest BCUT2D eigenvalue weighted by atomic mass is 10.0. The fourth-order valence-corrected chi connectivity index (χ4v) is 3.73. The SMILES string of the molecule is O=C(/C=C/c1ccc([N+](=O)[O-])cc1)N1CCCCC1c1nc(-c2cccc(Cl)c2)no1. The largest absolute Gasteiger partial charge is 0.337 e. The van der Waals surface area contributed by atoms with Crippen LogP contribution in [0.5, 0.6) is 0 Å². The summed E-state index contributed by atoms with van der Waals surface area (Å²) < 4.78 is 5.49. The highest BCUT2D eigenvalue weighted by atomic mass is 35.5. The lowest BCUT2D eigenvalue weighted by molar-refractivity contribution is -0.384.